The molecule has 2 aromatic carbocycles. The van der Waals surface area contributed by atoms with Gasteiger partial charge >= 0.3 is 0 Å². The molecule has 160 valence electrons. The monoisotopic (exact) mass is 452 g/mol. The molecule has 0 atom stereocenters. The molecule has 0 aliphatic carbocycles. The van der Waals surface area contributed by atoms with E-state index in [9.17, 15) is 9.59 Å². The van der Waals surface area contributed by atoms with E-state index in [1.54, 1.807) is 24.3 Å². The zero-order valence-corrected chi connectivity index (χ0v) is 19.1. The predicted octanol–water partition coefficient (Wildman–Crippen LogP) is 5.26. The molecule has 1 N–H and O–H groups in total. The van der Waals surface area contributed by atoms with E-state index < -0.39 is 0 Å². The molecule has 0 radical (unpaired) electrons. The standard InChI is InChI=1S/C24H24N2O3S2/c1-3-29-20-11-9-19(10-12-20)25-22(27)13-14-26-23(28)21(31-24(26)30)16-17(2)15-18-7-5-4-6-8-18/h4-12,15-16H,3,13-14H2,1-2H3,(H,25,27)/b17-15+,21-16-. The fraction of sp³-hybridized carbons (Fsp3) is 0.208. The topological polar surface area (TPSA) is 58.6 Å². The Morgan fingerprint density at radius 2 is 1.87 bits per heavy atom. The number of anilines is 1. The number of thiocarbonyl (C=S) groups is 1. The summed E-state index contributed by atoms with van der Waals surface area (Å²) in [5.74, 6) is 0.411. The lowest BCUT2D eigenvalue weighted by Crippen LogP contribution is -2.31. The maximum absolute atomic E-state index is 12.8. The van der Waals surface area contributed by atoms with Gasteiger partial charge < -0.3 is 10.1 Å². The molecule has 7 heteroatoms. The molecule has 1 saturated heterocycles. The van der Waals surface area contributed by atoms with E-state index in [0.717, 1.165) is 16.9 Å². The first-order valence-corrected chi connectivity index (χ1v) is 11.2. The number of amides is 2. The fourth-order valence-electron chi connectivity index (χ4n) is 2.99. The van der Waals surface area contributed by atoms with Gasteiger partial charge in [-0.1, -0.05) is 60.4 Å². The summed E-state index contributed by atoms with van der Waals surface area (Å²) >= 11 is 6.63. The number of hydrogen-bond donors (Lipinski definition) is 1. The number of rotatable bonds is 8. The van der Waals surface area contributed by atoms with Gasteiger partial charge in [0.2, 0.25) is 5.91 Å². The van der Waals surface area contributed by atoms with Crippen molar-refractivity contribution in [1.29, 1.82) is 0 Å². The summed E-state index contributed by atoms with van der Waals surface area (Å²) in [5, 5.41) is 2.83. The fourth-order valence-corrected chi connectivity index (χ4v) is 4.35. The van der Waals surface area contributed by atoms with Crippen LogP contribution in [-0.4, -0.2) is 34.2 Å². The number of hydrogen-bond acceptors (Lipinski definition) is 5. The average Bonchev–Trinajstić information content (AvgIpc) is 3.01. The minimum Gasteiger partial charge on any atom is -0.494 e. The van der Waals surface area contributed by atoms with Crippen LogP contribution in [-0.2, 0) is 9.59 Å². The molecule has 1 aliphatic heterocycles. The van der Waals surface area contributed by atoms with E-state index in [1.807, 2.05) is 56.3 Å². The molecular formula is C24H24N2O3S2. The van der Waals surface area contributed by atoms with Crippen LogP contribution in [0.5, 0.6) is 5.75 Å². The molecule has 1 aliphatic rings. The summed E-state index contributed by atoms with van der Waals surface area (Å²) in [5.41, 5.74) is 2.71. The van der Waals surface area contributed by atoms with E-state index in [1.165, 1.54) is 16.7 Å². The number of carbonyl (C=O) groups is 2. The highest BCUT2D eigenvalue weighted by atomic mass is 32.2. The highest BCUT2D eigenvalue weighted by Crippen LogP contribution is 2.32. The molecular weight excluding hydrogens is 428 g/mol. The second kappa shape index (κ2) is 10.9. The van der Waals surface area contributed by atoms with Gasteiger partial charge in [-0.15, -0.1) is 0 Å². The maximum atomic E-state index is 12.8. The third kappa shape index (κ3) is 6.54. The van der Waals surface area contributed by atoms with Gasteiger partial charge in [0, 0.05) is 18.7 Å². The smallest absolute Gasteiger partial charge is 0.266 e. The van der Waals surface area contributed by atoms with Gasteiger partial charge in [-0.3, -0.25) is 14.5 Å². The van der Waals surface area contributed by atoms with Gasteiger partial charge in [0.25, 0.3) is 5.91 Å². The second-order valence-corrected chi connectivity index (χ2v) is 8.56. The van der Waals surface area contributed by atoms with Crippen molar-refractivity contribution in [1.82, 2.24) is 4.90 Å². The van der Waals surface area contributed by atoms with E-state index >= 15 is 0 Å². The van der Waals surface area contributed by atoms with Gasteiger partial charge in [-0.05, 0) is 55.3 Å². The number of nitrogens with zero attached hydrogens (tertiary/aromatic N) is 1. The summed E-state index contributed by atoms with van der Waals surface area (Å²) in [6.07, 6.45) is 4.01. The minimum absolute atomic E-state index is 0.159. The first kappa shape index (κ1) is 22.8. The molecule has 3 rings (SSSR count). The lowest BCUT2D eigenvalue weighted by Gasteiger charge is -2.14. The molecule has 1 fully saturated rings. The van der Waals surface area contributed by atoms with Crippen molar-refractivity contribution in [3.05, 3.63) is 76.7 Å². The molecule has 31 heavy (non-hydrogen) atoms. The van der Waals surface area contributed by atoms with Crippen LogP contribution in [0.1, 0.15) is 25.8 Å². The summed E-state index contributed by atoms with van der Waals surface area (Å²) < 4.78 is 5.86. The Kier molecular flexibility index (Phi) is 8.03. The number of benzene rings is 2. The van der Waals surface area contributed by atoms with Gasteiger partial charge in [-0.2, -0.15) is 0 Å². The van der Waals surface area contributed by atoms with Crippen molar-refractivity contribution in [2.24, 2.45) is 0 Å². The summed E-state index contributed by atoms with van der Waals surface area (Å²) in [4.78, 5) is 27.1. The van der Waals surface area contributed by atoms with Crippen LogP contribution in [0.2, 0.25) is 0 Å². The first-order valence-electron chi connectivity index (χ1n) is 9.97. The molecule has 2 aromatic rings. The SMILES string of the molecule is CCOc1ccc(NC(=O)CCN2C(=O)/C(=C/C(C)=C/c3ccccc3)SC2=S)cc1. The normalized spacial score (nSPS) is 15.5. The Morgan fingerprint density at radius 3 is 2.55 bits per heavy atom. The van der Waals surface area contributed by atoms with Crippen LogP contribution in [0.25, 0.3) is 6.08 Å². The highest BCUT2D eigenvalue weighted by Gasteiger charge is 2.32. The molecule has 0 aromatic heterocycles. The Balaban J connectivity index is 1.56. The zero-order valence-electron chi connectivity index (χ0n) is 17.5. The van der Waals surface area contributed by atoms with Gasteiger partial charge in [0.15, 0.2) is 0 Å². The Labute approximate surface area is 192 Å². The average molecular weight is 453 g/mol. The van der Waals surface area contributed by atoms with E-state index in [4.69, 9.17) is 17.0 Å². The Morgan fingerprint density at radius 1 is 1.16 bits per heavy atom. The van der Waals surface area contributed by atoms with Crippen LogP contribution < -0.4 is 10.1 Å². The summed E-state index contributed by atoms with van der Waals surface area (Å²) in [6, 6.07) is 17.1. The van der Waals surface area contributed by atoms with Crippen LogP contribution in [0.4, 0.5) is 5.69 Å². The van der Waals surface area contributed by atoms with E-state index in [2.05, 4.69) is 5.32 Å². The van der Waals surface area contributed by atoms with Crippen LogP contribution in [0.15, 0.2) is 71.2 Å². The summed E-state index contributed by atoms with van der Waals surface area (Å²) in [7, 11) is 0. The molecule has 0 spiro atoms. The van der Waals surface area contributed by atoms with E-state index in [-0.39, 0.29) is 24.8 Å². The first-order chi connectivity index (χ1) is 15.0. The Hall–Kier alpha value is -2.90. The third-order valence-corrected chi connectivity index (χ3v) is 5.82. The van der Waals surface area contributed by atoms with Crippen molar-refractivity contribution in [3.63, 3.8) is 0 Å². The molecule has 1 heterocycles. The number of allylic oxidation sites excluding steroid dienone is 2. The van der Waals surface area contributed by atoms with Crippen LogP contribution in [0, 0.1) is 0 Å². The summed E-state index contributed by atoms with van der Waals surface area (Å²) in [6.45, 7) is 4.70. The molecule has 5 nitrogen and oxygen atoms in total. The van der Waals surface area contributed by atoms with Gasteiger partial charge in [-0.25, -0.2) is 0 Å². The van der Waals surface area contributed by atoms with Crippen molar-refractivity contribution in [3.8, 4) is 5.75 Å². The van der Waals surface area contributed by atoms with Crippen molar-refractivity contribution in [2.75, 3.05) is 18.5 Å². The molecule has 0 unspecified atom stereocenters. The zero-order chi connectivity index (χ0) is 22.2. The number of thioether (sulfide) groups is 1. The third-order valence-electron chi connectivity index (χ3n) is 4.44. The lowest BCUT2D eigenvalue weighted by atomic mass is 10.1. The van der Waals surface area contributed by atoms with Crippen molar-refractivity contribution >= 4 is 51.9 Å². The molecule has 0 bridgehead atoms. The highest BCUT2D eigenvalue weighted by molar-refractivity contribution is 8.26. The maximum Gasteiger partial charge on any atom is 0.266 e. The minimum atomic E-state index is -0.178. The van der Waals surface area contributed by atoms with Gasteiger partial charge in [0.05, 0.1) is 11.5 Å². The van der Waals surface area contributed by atoms with Crippen molar-refractivity contribution < 1.29 is 14.3 Å². The molecule has 2 amide bonds. The Bertz CT molecular complexity index is 1010. The van der Waals surface area contributed by atoms with Gasteiger partial charge in [0.1, 0.15) is 10.1 Å². The predicted molar refractivity (Wildman–Crippen MR) is 131 cm³/mol. The van der Waals surface area contributed by atoms with Crippen LogP contribution >= 0.6 is 24.0 Å². The van der Waals surface area contributed by atoms with Crippen molar-refractivity contribution in [2.45, 2.75) is 20.3 Å². The lowest BCUT2D eigenvalue weighted by molar-refractivity contribution is -0.122. The molecule has 0 saturated carbocycles. The van der Waals surface area contributed by atoms with Crippen LogP contribution in [0.3, 0.4) is 0 Å². The van der Waals surface area contributed by atoms with E-state index in [0.29, 0.717) is 21.5 Å². The number of carbonyl (C=O) groups excluding carboxylic acids is 2. The number of nitrogens with one attached hydrogen (secondary N) is 1. The number of ether oxygens (including phenoxy) is 1. The largest absolute Gasteiger partial charge is 0.494 e. The second-order valence-electron chi connectivity index (χ2n) is 6.89. The quantitative estimate of drug-likeness (QED) is 0.437.